The first-order chi connectivity index (χ1) is 6.45. The molecule has 0 heterocycles. The van der Waals surface area contributed by atoms with Crippen molar-refractivity contribution in [2.75, 3.05) is 7.05 Å². The monoisotopic (exact) mass is 204 g/mol. The fraction of sp³-hybridized carbons (Fsp3) is 0.333. The Morgan fingerprint density at radius 2 is 2.07 bits per heavy atom. The molecular formula is C9H11F3N2. The van der Waals surface area contributed by atoms with Gasteiger partial charge in [-0.25, -0.2) is 0 Å². The van der Waals surface area contributed by atoms with Crippen LogP contribution in [-0.4, -0.2) is 13.2 Å². The summed E-state index contributed by atoms with van der Waals surface area (Å²) in [6, 6.07) is 0. The van der Waals surface area contributed by atoms with Crippen LogP contribution in [0.1, 0.15) is 6.42 Å². The number of halogens is 3. The summed E-state index contributed by atoms with van der Waals surface area (Å²) in [5.74, 6) is 0. The summed E-state index contributed by atoms with van der Waals surface area (Å²) in [5.41, 5.74) is 5.48. The van der Waals surface area contributed by atoms with Crippen LogP contribution in [-0.2, 0) is 0 Å². The van der Waals surface area contributed by atoms with Gasteiger partial charge in [0.05, 0.1) is 11.3 Å². The molecule has 0 saturated heterocycles. The predicted octanol–water partition coefficient (Wildman–Crippen LogP) is 1.82. The second-order valence-electron chi connectivity index (χ2n) is 2.89. The first kappa shape index (κ1) is 10.7. The Morgan fingerprint density at radius 3 is 2.57 bits per heavy atom. The molecule has 0 aromatic rings. The quantitative estimate of drug-likeness (QED) is 0.683. The molecule has 2 nitrogen and oxygen atoms in total. The molecular weight excluding hydrogens is 193 g/mol. The van der Waals surface area contributed by atoms with Gasteiger partial charge in [-0.3, -0.25) is 0 Å². The van der Waals surface area contributed by atoms with E-state index in [2.05, 4.69) is 5.32 Å². The molecule has 0 amide bonds. The van der Waals surface area contributed by atoms with Crippen LogP contribution in [0.4, 0.5) is 13.2 Å². The molecule has 0 aromatic carbocycles. The van der Waals surface area contributed by atoms with Crippen LogP contribution in [0.5, 0.6) is 0 Å². The average Bonchev–Trinajstić information content (AvgIpc) is 2.25. The Morgan fingerprint density at radius 1 is 1.43 bits per heavy atom. The van der Waals surface area contributed by atoms with Crippen LogP contribution in [0, 0.1) is 0 Å². The summed E-state index contributed by atoms with van der Waals surface area (Å²) >= 11 is 0. The standard InChI is InChI=1S/C9H11F3N2/c1-14-8-4-2-3-6(5-7(8)13)9(10,11)12/h2-3,5,14H,4,13H2,1H3. The minimum Gasteiger partial charge on any atom is -0.397 e. The van der Waals surface area contributed by atoms with E-state index >= 15 is 0 Å². The molecule has 0 aliphatic heterocycles. The number of nitrogens with one attached hydrogen (secondary N) is 1. The van der Waals surface area contributed by atoms with Crippen molar-refractivity contribution in [2.24, 2.45) is 5.73 Å². The lowest BCUT2D eigenvalue weighted by Crippen LogP contribution is -2.14. The molecule has 78 valence electrons. The topological polar surface area (TPSA) is 38.0 Å². The number of hydrogen-bond acceptors (Lipinski definition) is 2. The van der Waals surface area contributed by atoms with E-state index in [4.69, 9.17) is 5.73 Å². The number of nitrogens with two attached hydrogens (primary N) is 1. The summed E-state index contributed by atoms with van der Waals surface area (Å²) in [7, 11) is 1.63. The van der Waals surface area contributed by atoms with E-state index in [1.54, 1.807) is 7.05 Å². The zero-order chi connectivity index (χ0) is 10.8. The fourth-order valence-corrected chi connectivity index (χ4v) is 1.15. The average molecular weight is 204 g/mol. The smallest absolute Gasteiger partial charge is 0.397 e. The van der Waals surface area contributed by atoms with E-state index in [0.29, 0.717) is 12.1 Å². The van der Waals surface area contributed by atoms with Gasteiger partial charge in [0.25, 0.3) is 0 Å². The normalized spacial score (nSPS) is 17.9. The minimum atomic E-state index is -4.34. The van der Waals surface area contributed by atoms with Crippen molar-refractivity contribution in [1.82, 2.24) is 5.32 Å². The molecule has 3 N–H and O–H groups in total. The number of alkyl halides is 3. The van der Waals surface area contributed by atoms with Crippen LogP contribution in [0.25, 0.3) is 0 Å². The molecule has 0 radical (unpaired) electrons. The van der Waals surface area contributed by atoms with Gasteiger partial charge in [-0.2, -0.15) is 13.2 Å². The van der Waals surface area contributed by atoms with Gasteiger partial charge in [-0.15, -0.1) is 0 Å². The summed E-state index contributed by atoms with van der Waals surface area (Å²) in [5, 5.41) is 2.76. The number of hydrogen-bond donors (Lipinski definition) is 2. The van der Waals surface area contributed by atoms with E-state index in [0.717, 1.165) is 12.2 Å². The van der Waals surface area contributed by atoms with Crippen LogP contribution < -0.4 is 11.1 Å². The maximum atomic E-state index is 12.3. The van der Waals surface area contributed by atoms with E-state index in [9.17, 15) is 13.2 Å². The highest BCUT2D eigenvalue weighted by atomic mass is 19.4. The zero-order valence-corrected chi connectivity index (χ0v) is 7.65. The van der Waals surface area contributed by atoms with Crippen molar-refractivity contribution in [2.45, 2.75) is 12.6 Å². The van der Waals surface area contributed by atoms with E-state index < -0.39 is 11.7 Å². The van der Waals surface area contributed by atoms with Gasteiger partial charge in [0.15, 0.2) is 0 Å². The Bertz CT molecular complexity index is 311. The highest BCUT2D eigenvalue weighted by Crippen LogP contribution is 2.29. The van der Waals surface area contributed by atoms with Crippen LogP contribution in [0.2, 0.25) is 0 Å². The largest absolute Gasteiger partial charge is 0.416 e. The Kier molecular flexibility index (Phi) is 2.88. The summed E-state index contributed by atoms with van der Waals surface area (Å²) in [6.45, 7) is 0. The zero-order valence-electron chi connectivity index (χ0n) is 7.65. The Labute approximate surface area is 80.0 Å². The lowest BCUT2D eigenvalue weighted by Gasteiger charge is -2.07. The van der Waals surface area contributed by atoms with Crippen molar-refractivity contribution < 1.29 is 13.2 Å². The maximum Gasteiger partial charge on any atom is 0.416 e. The lowest BCUT2D eigenvalue weighted by molar-refractivity contribution is -0.0882. The van der Waals surface area contributed by atoms with Gasteiger partial charge >= 0.3 is 6.18 Å². The molecule has 0 saturated carbocycles. The third-order valence-electron chi connectivity index (χ3n) is 1.91. The fourth-order valence-electron chi connectivity index (χ4n) is 1.15. The summed E-state index contributed by atoms with van der Waals surface area (Å²) in [6.07, 6.45) is -0.541. The first-order valence-corrected chi connectivity index (χ1v) is 4.07. The van der Waals surface area contributed by atoms with Gasteiger partial charge in [-0.05, 0) is 6.08 Å². The summed E-state index contributed by atoms with van der Waals surface area (Å²) < 4.78 is 36.9. The molecule has 1 aliphatic carbocycles. The second-order valence-corrected chi connectivity index (χ2v) is 2.89. The van der Waals surface area contributed by atoms with Crippen molar-refractivity contribution in [3.8, 4) is 0 Å². The molecule has 5 heteroatoms. The van der Waals surface area contributed by atoms with Gasteiger partial charge in [0.2, 0.25) is 0 Å². The van der Waals surface area contributed by atoms with E-state index in [1.165, 1.54) is 6.08 Å². The highest BCUT2D eigenvalue weighted by molar-refractivity contribution is 5.37. The van der Waals surface area contributed by atoms with Gasteiger partial charge in [0, 0.05) is 19.2 Å². The molecule has 0 unspecified atom stereocenters. The molecule has 0 atom stereocenters. The molecule has 0 bridgehead atoms. The molecule has 0 spiro atoms. The second kappa shape index (κ2) is 3.77. The lowest BCUT2D eigenvalue weighted by atomic mass is 10.2. The molecule has 1 aliphatic rings. The SMILES string of the molecule is CNC1=C(N)C=C(C(F)(F)F)C=CC1. The maximum absolute atomic E-state index is 12.3. The number of allylic oxidation sites excluding steroid dienone is 4. The van der Waals surface area contributed by atoms with Crippen LogP contribution in [0.15, 0.2) is 35.2 Å². The minimum absolute atomic E-state index is 0.129. The molecule has 0 aromatic heterocycles. The van der Waals surface area contributed by atoms with Gasteiger partial charge in [0.1, 0.15) is 0 Å². The van der Waals surface area contributed by atoms with E-state index in [1.807, 2.05) is 0 Å². The van der Waals surface area contributed by atoms with Crippen molar-refractivity contribution in [3.05, 3.63) is 35.2 Å². The van der Waals surface area contributed by atoms with E-state index in [-0.39, 0.29) is 5.70 Å². The first-order valence-electron chi connectivity index (χ1n) is 4.07. The van der Waals surface area contributed by atoms with Crippen LogP contribution >= 0.6 is 0 Å². The summed E-state index contributed by atoms with van der Waals surface area (Å²) in [4.78, 5) is 0. The van der Waals surface area contributed by atoms with Crippen molar-refractivity contribution in [1.29, 1.82) is 0 Å². The predicted molar refractivity (Wildman–Crippen MR) is 48.2 cm³/mol. The van der Waals surface area contributed by atoms with Gasteiger partial charge < -0.3 is 11.1 Å². The third-order valence-corrected chi connectivity index (χ3v) is 1.91. The van der Waals surface area contributed by atoms with Crippen molar-refractivity contribution >= 4 is 0 Å². The molecule has 14 heavy (non-hydrogen) atoms. The van der Waals surface area contributed by atoms with Crippen LogP contribution in [0.3, 0.4) is 0 Å². The third kappa shape index (κ3) is 2.31. The molecule has 1 rings (SSSR count). The van der Waals surface area contributed by atoms with Gasteiger partial charge in [-0.1, -0.05) is 12.2 Å². The van der Waals surface area contributed by atoms with Crippen molar-refractivity contribution in [3.63, 3.8) is 0 Å². The Hall–Kier alpha value is -1.39. The highest BCUT2D eigenvalue weighted by Gasteiger charge is 2.32. The number of rotatable bonds is 1. The molecule has 0 fully saturated rings. The Balaban J connectivity index is 3.06.